The Labute approximate surface area is 180 Å². The molecule has 2 aromatic rings. The van der Waals surface area contributed by atoms with Gasteiger partial charge in [0.2, 0.25) is 0 Å². The van der Waals surface area contributed by atoms with Crippen LogP contribution < -0.4 is 9.62 Å². The lowest BCUT2D eigenvalue weighted by atomic mass is 10.1. The normalized spacial score (nSPS) is 21.9. The molecular weight excluding hydrogens is 454 g/mol. The highest BCUT2D eigenvalue weighted by Crippen LogP contribution is 2.45. The zero-order valence-electron chi connectivity index (χ0n) is 16.0. The molecule has 11 heteroatoms. The molecule has 4 rings (SSSR count). The Kier molecular flexibility index (Phi) is 5.35. The van der Waals surface area contributed by atoms with Crippen molar-refractivity contribution in [3.63, 3.8) is 0 Å². The Hall–Kier alpha value is -1.33. The average Bonchev–Trinajstić information content (AvgIpc) is 3.38. The molecule has 1 N–H and O–H groups in total. The molecule has 158 valence electrons. The minimum Gasteiger partial charge on any atom is -0.365 e. The number of halogens is 1. The summed E-state index contributed by atoms with van der Waals surface area (Å²) in [6.45, 7) is 0.868. The maximum Gasteiger partial charge on any atom is 0.271 e. The summed E-state index contributed by atoms with van der Waals surface area (Å²) in [5, 5.41) is 0.500. The van der Waals surface area contributed by atoms with Gasteiger partial charge >= 0.3 is 0 Å². The molecule has 29 heavy (non-hydrogen) atoms. The van der Waals surface area contributed by atoms with E-state index in [0.717, 1.165) is 35.0 Å². The van der Waals surface area contributed by atoms with Crippen LogP contribution in [0.2, 0.25) is 5.02 Å². The minimum atomic E-state index is -3.96. The number of para-hydroxylation sites is 1. The van der Waals surface area contributed by atoms with Crippen LogP contribution in [-0.4, -0.2) is 47.8 Å². The smallest absolute Gasteiger partial charge is 0.271 e. The maximum absolute atomic E-state index is 13.0. The number of piperidine rings is 1. The van der Waals surface area contributed by atoms with Gasteiger partial charge < -0.3 is 4.90 Å². The number of anilines is 2. The van der Waals surface area contributed by atoms with Crippen LogP contribution in [0.5, 0.6) is 0 Å². The molecule has 1 aliphatic carbocycles. The molecule has 2 unspecified atom stereocenters. The molecule has 1 saturated heterocycles. The zero-order valence-corrected chi connectivity index (χ0v) is 19.2. The standard InChI is InChI=1S/C18H22ClN3O4S3/c1-21(2)29(25,26)17-9-8-16(27-17)28(23,24)20-15-5-3-4-14(19)18(15)22-11-12-6-7-13(22)10-12/h3-5,8-9,12-13,20H,6-7,10-11H2,1-2H3. The third kappa shape index (κ3) is 3.76. The molecule has 2 bridgehead atoms. The summed E-state index contributed by atoms with van der Waals surface area (Å²) in [4.78, 5) is 2.20. The summed E-state index contributed by atoms with van der Waals surface area (Å²) in [6, 6.07) is 8.15. The Morgan fingerprint density at radius 1 is 1.10 bits per heavy atom. The molecule has 1 aromatic carbocycles. The van der Waals surface area contributed by atoms with Crippen LogP contribution >= 0.6 is 22.9 Å². The quantitative estimate of drug-likeness (QED) is 0.691. The van der Waals surface area contributed by atoms with Crippen LogP contribution in [0, 0.1) is 5.92 Å². The number of rotatable bonds is 6. The number of hydrogen-bond acceptors (Lipinski definition) is 6. The Bertz CT molecular complexity index is 1140. The van der Waals surface area contributed by atoms with Gasteiger partial charge in [-0.05, 0) is 49.4 Å². The lowest BCUT2D eigenvalue weighted by molar-refractivity contribution is 0.523. The molecule has 2 fully saturated rings. The molecule has 0 spiro atoms. The topological polar surface area (TPSA) is 86.8 Å². The minimum absolute atomic E-state index is 0.0222. The summed E-state index contributed by atoms with van der Waals surface area (Å²) < 4.78 is 54.1. The highest BCUT2D eigenvalue weighted by Gasteiger charge is 2.39. The molecule has 1 aliphatic heterocycles. The van der Waals surface area contributed by atoms with E-state index in [9.17, 15) is 16.8 Å². The van der Waals surface area contributed by atoms with Gasteiger partial charge in [0.25, 0.3) is 20.0 Å². The fraction of sp³-hybridized carbons (Fsp3) is 0.444. The zero-order chi connectivity index (χ0) is 21.0. The highest BCUT2D eigenvalue weighted by molar-refractivity contribution is 7.96. The fourth-order valence-electron chi connectivity index (χ4n) is 4.05. The predicted molar refractivity (Wildman–Crippen MR) is 116 cm³/mol. The first-order valence-corrected chi connectivity index (χ1v) is 13.3. The van der Waals surface area contributed by atoms with E-state index in [-0.39, 0.29) is 8.42 Å². The van der Waals surface area contributed by atoms with Gasteiger partial charge in [-0.25, -0.2) is 21.1 Å². The van der Waals surface area contributed by atoms with Gasteiger partial charge in [0.05, 0.1) is 16.4 Å². The van der Waals surface area contributed by atoms with E-state index in [1.807, 2.05) is 0 Å². The monoisotopic (exact) mass is 475 g/mol. The van der Waals surface area contributed by atoms with Crippen molar-refractivity contribution in [2.24, 2.45) is 5.92 Å². The molecule has 0 radical (unpaired) electrons. The summed E-state index contributed by atoms with van der Waals surface area (Å²) in [5.74, 6) is 0.622. The molecule has 0 amide bonds. The van der Waals surface area contributed by atoms with E-state index in [1.54, 1.807) is 18.2 Å². The lowest BCUT2D eigenvalue weighted by Gasteiger charge is -2.31. The van der Waals surface area contributed by atoms with Crippen molar-refractivity contribution >= 4 is 54.4 Å². The van der Waals surface area contributed by atoms with E-state index in [2.05, 4.69) is 9.62 Å². The number of sulfonamides is 2. The van der Waals surface area contributed by atoms with Gasteiger partial charge in [0.15, 0.2) is 0 Å². The molecule has 2 heterocycles. The summed E-state index contributed by atoms with van der Waals surface area (Å²) in [7, 11) is -4.84. The highest BCUT2D eigenvalue weighted by atomic mass is 35.5. The third-order valence-electron chi connectivity index (χ3n) is 5.48. The Balaban J connectivity index is 1.66. The van der Waals surface area contributed by atoms with Gasteiger partial charge in [-0.3, -0.25) is 4.72 Å². The third-order valence-corrected chi connectivity index (χ3v) is 11.0. The lowest BCUT2D eigenvalue weighted by Crippen LogP contribution is -2.33. The van der Waals surface area contributed by atoms with Crippen LogP contribution in [0.4, 0.5) is 11.4 Å². The fourth-order valence-corrected chi connectivity index (χ4v) is 8.33. The first-order chi connectivity index (χ1) is 13.6. The summed E-state index contributed by atoms with van der Waals surface area (Å²) >= 11 is 7.18. The van der Waals surface area contributed by atoms with Gasteiger partial charge in [-0.2, -0.15) is 0 Å². The maximum atomic E-state index is 13.0. The van der Waals surface area contributed by atoms with Gasteiger partial charge in [-0.15, -0.1) is 11.3 Å². The number of thiophene rings is 1. The number of nitrogens with one attached hydrogen (secondary N) is 1. The van der Waals surface area contributed by atoms with Crippen LogP contribution in [0.15, 0.2) is 38.8 Å². The molecule has 7 nitrogen and oxygen atoms in total. The average molecular weight is 476 g/mol. The van der Waals surface area contributed by atoms with Crippen molar-refractivity contribution in [1.29, 1.82) is 0 Å². The predicted octanol–water partition coefficient (Wildman–Crippen LogP) is 3.44. The second kappa shape index (κ2) is 7.42. The number of hydrogen-bond donors (Lipinski definition) is 1. The summed E-state index contributed by atoms with van der Waals surface area (Å²) in [6.07, 6.45) is 3.39. The molecular formula is C18H22ClN3O4S3. The van der Waals surface area contributed by atoms with Crippen molar-refractivity contribution in [3.05, 3.63) is 35.4 Å². The Morgan fingerprint density at radius 2 is 1.83 bits per heavy atom. The van der Waals surface area contributed by atoms with Crippen LogP contribution in [0.1, 0.15) is 19.3 Å². The first-order valence-electron chi connectivity index (χ1n) is 9.20. The van der Waals surface area contributed by atoms with Crippen molar-refractivity contribution in [1.82, 2.24) is 4.31 Å². The van der Waals surface area contributed by atoms with Crippen molar-refractivity contribution in [2.75, 3.05) is 30.3 Å². The van der Waals surface area contributed by atoms with Crippen molar-refractivity contribution < 1.29 is 16.8 Å². The van der Waals surface area contributed by atoms with Crippen molar-refractivity contribution in [2.45, 2.75) is 33.7 Å². The first kappa shape index (κ1) is 20.9. The van der Waals surface area contributed by atoms with E-state index < -0.39 is 20.0 Å². The van der Waals surface area contributed by atoms with Crippen LogP contribution in [0.3, 0.4) is 0 Å². The van der Waals surface area contributed by atoms with Gasteiger partial charge in [0.1, 0.15) is 8.42 Å². The van der Waals surface area contributed by atoms with Crippen molar-refractivity contribution in [3.8, 4) is 0 Å². The molecule has 1 saturated carbocycles. The largest absolute Gasteiger partial charge is 0.365 e. The van der Waals surface area contributed by atoms with E-state index >= 15 is 0 Å². The second-order valence-electron chi connectivity index (χ2n) is 7.59. The molecule has 2 aliphatic rings. The molecule has 1 aromatic heterocycles. The Morgan fingerprint density at radius 3 is 2.45 bits per heavy atom. The number of fused-ring (bicyclic) bond motifs is 2. The van der Waals surface area contributed by atoms with E-state index in [4.69, 9.17) is 11.6 Å². The number of benzene rings is 1. The van der Waals surface area contributed by atoms with Gasteiger partial charge in [-0.1, -0.05) is 17.7 Å². The van der Waals surface area contributed by atoms with Gasteiger partial charge in [0, 0.05) is 26.7 Å². The number of nitrogens with zero attached hydrogens (tertiary/aromatic N) is 2. The molecule has 2 atom stereocenters. The van der Waals surface area contributed by atoms with E-state index in [1.165, 1.54) is 32.6 Å². The van der Waals surface area contributed by atoms with Crippen LogP contribution in [0.25, 0.3) is 0 Å². The SMILES string of the molecule is CN(C)S(=O)(=O)c1ccc(S(=O)(=O)Nc2cccc(Cl)c2N2CC3CCC2C3)s1. The van der Waals surface area contributed by atoms with Crippen LogP contribution in [-0.2, 0) is 20.0 Å². The summed E-state index contributed by atoms with van der Waals surface area (Å²) in [5.41, 5.74) is 1.11. The second-order valence-corrected chi connectivity index (χ2v) is 13.4. The van der Waals surface area contributed by atoms with E-state index in [0.29, 0.717) is 28.4 Å².